The van der Waals surface area contributed by atoms with Crippen molar-refractivity contribution in [3.63, 3.8) is 0 Å². The van der Waals surface area contributed by atoms with Gasteiger partial charge in [0.05, 0.1) is 18.8 Å². The molecule has 0 spiro atoms. The first kappa shape index (κ1) is 38.1. The molecule has 1 rings (SSSR count). The fraction of sp³-hybridized carbons (Fsp3) is 0.778. The van der Waals surface area contributed by atoms with Gasteiger partial charge in [0.25, 0.3) is 0 Å². The molecule has 0 aromatic heterocycles. The summed E-state index contributed by atoms with van der Waals surface area (Å²) in [4.78, 5) is 24.1. The van der Waals surface area contributed by atoms with Gasteiger partial charge in [0.2, 0.25) is 0 Å². The van der Waals surface area contributed by atoms with E-state index >= 15 is 0 Å². The molecule has 0 radical (unpaired) electrons. The van der Waals surface area contributed by atoms with Crippen LogP contribution in [0.2, 0.25) is 0 Å². The Kier molecular flexibility index (Phi) is 25.3. The Morgan fingerprint density at radius 3 is 1.86 bits per heavy atom. The van der Waals surface area contributed by atoms with Gasteiger partial charge in [-0.05, 0) is 51.4 Å². The summed E-state index contributed by atoms with van der Waals surface area (Å²) >= 11 is 0. The quantitative estimate of drug-likeness (QED) is 0.0405. The number of hydrogen-bond acceptors (Lipinski definition) is 6. The second kappa shape index (κ2) is 27.9. The molecule has 6 nitrogen and oxygen atoms in total. The number of unbranched alkanes of at least 4 members (excludes halogenated alkanes) is 13. The highest BCUT2D eigenvalue weighted by molar-refractivity contribution is 5.70. The van der Waals surface area contributed by atoms with E-state index in [4.69, 9.17) is 14.2 Å². The van der Waals surface area contributed by atoms with Gasteiger partial charge in [-0.2, -0.15) is 0 Å². The standard InChI is InChI=1S/C36H62O6/c1-3-5-7-9-11-12-13-16-20-24-28-35(38)40-31-32(30-37)41-36(39)29-25-21-17-14-15-19-23-27-34-33(42-34)26-22-18-10-8-6-4-2/h14,17-19,22-23,32-34,37H,3-13,15-16,20-21,24-31H2,1-2H3/b17-14-,22-18-,23-19-/t32-,33?,34?/m0/s1. The summed E-state index contributed by atoms with van der Waals surface area (Å²) in [5, 5.41) is 9.49. The molecule has 2 unspecified atom stereocenters. The number of esters is 2. The Morgan fingerprint density at radius 1 is 0.667 bits per heavy atom. The second-order valence-electron chi connectivity index (χ2n) is 11.6. The van der Waals surface area contributed by atoms with Gasteiger partial charge < -0.3 is 19.3 Å². The van der Waals surface area contributed by atoms with Crippen LogP contribution in [0, 0.1) is 0 Å². The highest BCUT2D eigenvalue weighted by atomic mass is 16.6. The van der Waals surface area contributed by atoms with Crippen molar-refractivity contribution in [3.8, 4) is 0 Å². The lowest BCUT2D eigenvalue weighted by Gasteiger charge is -2.15. The molecule has 1 fully saturated rings. The Bertz CT molecular complexity index is 743. The van der Waals surface area contributed by atoms with Gasteiger partial charge in [0.1, 0.15) is 6.61 Å². The number of rotatable bonds is 29. The van der Waals surface area contributed by atoms with E-state index in [2.05, 4.69) is 50.3 Å². The van der Waals surface area contributed by atoms with Crippen molar-refractivity contribution in [2.75, 3.05) is 13.2 Å². The van der Waals surface area contributed by atoms with Gasteiger partial charge in [-0.3, -0.25) is 9.59 Å². The maximum Gasteiger partial charge on any atom is 0.306 e. The minimum Gasteiger partial charge on any atom is -0.462 e. The van der Waals surface area contributed by atoms with E-state index in [0.717, 1.165) is 44.9 Å². The average Bonchev–Trinajstić information content (AvgIpc) is 3.74. The lowest BCUT2D eigenvalue weighted by molar-refractivity contribution is -0.161. The molecule has 1 heterocycles. The average molecular weight is 591 g/mol. The smallest absolute Gasteiger partial charge is 0.306 e. The van der Waals surface area contributed by atoms with Crippen molar-refractivity contribution in [1.29, 1.82) is 0 Å². The van der Waals surface area contributed by atoms with Crippen molar-refractivity contribution in [3.05, 3.63) is 36.5 Å². The lowest BCUT2D eigenvalue weighted by atomic mass is 10.1. The Balaban J connectivity index is 1.97. The number of aliphatic hydroxyl groups excluding tert-OH is 1. The summed E-state index contributed by atoms with van der Waals surface area (Å²) in [6, 6.07) is 0. The van der Waals surface area contributed by atoms with Gasteiger partial charge in [-0.15, -0.1) is 0 Å². The highest BCUT2D eigenvalue weighted by Crippen LogP contribution is 2.29. The second-order valence-corrected chi connectivity index (χ2v) is 11.6. The molecule has 1 aliphatic rings. The van der Waals surface area contributed by atoms with E-state index in [1.807, 2.05) is 0 Å². The zero-order valence-electron chi connectivity index (χ0n) is 26.9. The molecule has 3 atom stereocenters. The van der Waals surface area contributed by atoms with Crippen LogP contribution < -0.4 is 0 Å². The Hall–Kier alpha value is -1.92. The van der Waals surface area contributed by atoms with Crippen LogP contribution in [0.5, 0.6) is 0 Å². The fourth-order valence-electron chi connectivity index (χ4n) is 4.82. The van der Waals surface area contributed by atoms with Gasteiger partial charge in [0, 0.05) is 12.8 Å². The number of epoxide rings is 1. The van der Waals surface area contributed by atoms with Gasteiger partial charge >= 0.3 is 11.9 Å². The van der Waals surface area contributed by atoms with Gasteiger partial charge in [0.15, 0.2) is 6.10 Å². The van der Waals surface area contributed by atoms with E-state index in [1.54, 1.807) is 0 Å². The van der Waals surface area contributed by atoms with Crippen LogP contribution in [-0.4, -0.2) is 48.6 Å². The van der Waals surface area contributed by atoms with Crippen LogP contribution in [0.4, 0.5) is 0 Å². The topological polar surface area (TPSA) is 85.4 Å². The molecule has 0 amide bonds. The summed E-state index contributed by atoms with van der Waals surface area (Å²) in [7, 11) is 0. The Labute approximate surface area is 257 Å². The van der Waals surface area contributed by atoms with Gasteiger partial charge in [-0.25, -0.2) is 0 Å². The summed E-state index contributed by atoms with van der Waals surface area (Å²) in [6.45, 7) is 4.02. The number of allylic oxidation sites excluding steroid dienone is 4. The maximum atomic E-state index is 12.1. The maximum absolute atomic E-state index is 12.1. The zero-order chi connectivity index (χ0) is 30.5. The van der Waals surface area contributed by atoms with Crippen molar-refractivity contribution < 1.29 is 28.9 Å². The van der Waals surface area contributed by atoms with Crippen LogP contribution >= 0.6 is 0 Å². The third-order valence-electron chi connectivity index (χ3n) is 7.59. The first-order chi connectivity index (χ1) is 20.6. The molecule has 1 N–H and O–H groups in total. The SMILES string of the molecule is CCCCC/C=C\CC1OC1C/C=C\C/C=C\CCCC(=O)O[C@@H](CO)COC(=O)CCCCCCCCCCCC. The largest absolute Gasteiger partial charge is 0.462 e. The molecule has 0 aliphatic carbocycles. The molecule has 42 heavy (non-hydrogen) atoms. The minimum atomic E-state index is -0.799. The molecule has 0 saturated carbocycles. The zero-order valence-corrected chi connectivity index (χ0v) is 26.9. The molecule has 0 aromatic rings. The summed E-state index contributed by atoms with van der Waals surface area (Å²) in [6.07, 6.45) is 35.2. The first-order valence-corrected chi connectivity index (χ1v) is 17.2. The predicted octanol–water partition coefficient (Wildman–Crippen LogP) is 9.10. The van der Waals surface area contributed by atoms with Gasteiger partial charge in [-0.1, -0.05) is 121 Å². The molecule has 6 heteroatoms. The van der Waals surface area contributed by atoms with Crippen molar-refractivity contribution in [2.45, 2.75) is 167 Å². The third-order valence-corrected chi connectivity index (χ3v) is 7.59. The molecule has 0 bridgehead atoms. The van der Waals surface area contributed by atoms with E-state index in [9.17, 15) is 14.7 Å². The van der Waals surface area contributed by atoms with Crippen molar-refractivity contribution in [2.24, 2.45) is 0 Å². The molecular formula is C36H62O6. The van der Waals surface area contributed by atoms with E-state index in [1.165, 1.54) is 70.6 Å². The van der Waals surface area contributed by atoms with E-state index in [-0.39, 0.29) is 31.6 Å². The summed E-state index contributed by atoms with van der Waals surface area (Å²) in [5.41, 5.74) is 0. The fourth-order valence-corrected chi connectivity index (χ4v) is 4.82. The summed E-state index contributed by atoms with van der Waals surface area (Å²) < 4.78 is 16.2. The number of hydrogen-bond donors (Lipinski definition) is 1. The van der Waals surface area contributed by atoms with Crippen molar-refractivity contribution >= 4 is 11.9 Å². The number of ether oxygens (including phenoxy) is 3. The monoisotopic (exact) mass is 590 g/mol. The molecule has 1 aliphatic heterocycles. The lowest BCUT2D eigenvalue weighted by Crippen LogP contribution is -2.28. The molecule has 242 valence electrons. The van der Waals surface area contributed by atoms with Crippen LogP contribution in [0.15, 0.2) is 36.5 Å². The predicted molar refractivity (Wildman–Crippen MR) is 172 cm³/mol. The number of carbonyl (C=O) groups is 2. The van der Waals surface area contributed by atoms with Crippen molar-refractivity contribution in [1.82, 2.24) is 0 Å². The highest BCUT2D eigenvalue weighted by Gasteiger charge is 2.35. The van der Waals surface area contributed by atoms with E-state index < -0.39 is 6.10 Å². The van der Waals surface area contributed by atoms with Crippen LogP contribution in [0.3, 0.4) is 0 Å². The van der Waals surface area contributed by atoms with Crippen LogP contribution in [0.1, 0.15) is 149 Å². The molecular weight excluding hydrogens is 528 g/mol. The normalized spacial score (nSPS) is 17.4. The first-order valence-electron chi connectivity index (χ1n) is 17.2. The minimum absolute atomic E-state index is 0.0898. The number of carbonyl (C=O) groups excluding carboxylic acids is 2. The molecule has 1 saturated heterocycles. The van der Waals surface area contributed by atoms with Crippen LogP contribution in [0.25, 0.3) is 0 Å². The third kappa shape index (κ3) is 23.6. The van der Waals surface area contributed by atoms with Crippen LogP contribution in [-0.2, 0) is 23.8 Å². The summed E-state index contributed by atoms with van der Waals surface area (Å²) in [5.74, 6) is -0.666. The Morgan fingerprint density at radius 2 is 1.19 bits per heavy atom. The van der Waals surface area contributed by atoms with E-state index in [0.29, 0.717) is 25.0 Å². The molecule has 0 aromatic carbocycles. The number of aliphatic hydroxyl groups is 1.